The van der Waals surface area contributed by atoms with E-state index in [0.29, 0.717) is 5.75 Å². The molecule has 0 amide bonds. The summed E-state index contributed by atoms with van der Waals surface area (Å²) in [7, 11) is 1.91. The molecule has 2 aromatic heterocycles. The summed E-state index contributed by atoms with van der Waals surface area (Å²) in [6.07, 6.45) is 0. The van der Waals surface area contributed by atoms with Crippen LogP contribution in [0.15, 0.2) is 66.7 Å². The zero-order chi connectivity index (χ0) is 19.3. The summed E-state index contributed by atoms with van der Waals surface area (Å²) in [5.41, 5.74) is 3.18. The van der Waals surface area contributed by atoms with E-state index in [1.54, 1.807) is 11.3 Å². The maximum atomic E-state index is 12.2. The fraction of sp³-hybridized carbons (Fsp3) is 0.136. The van der Waals surface area contributed by atoms with E-state index < -0.39 is 6.67 Å². The van der Waals surface area contributed by atoms with Crippen LogP contribution >= 0.6 is 11.3 Å². The van der Waals surface area contributed by atoms with Gasteiger partial charge in [-0.1, -0.05) is 12.1 Å². The number of nitrogens with one attached hydrogen (secondary N) is 2. The van der Waals surface area contributed by atoms with Crippen molar-refractivity contribution in [3.63, 3.8) is 0 Å². The lowest BCUT2D eigenvalue weighted by molar-refractivity contribution is 0.273. The monoisotopic (exact) mass is 393 g/mol. The molecule has 2 N–H and O–H groups in total. The number of anilines is 3. The van der Waals surface area contributed by atoms with Gasteiger partial charge in [-0.25, -0.2) is 9.37 Å². The van der Waals surface area contributed by atoms with E-state index in [1.807, 2.05) is 37.4 Å². The molecule has 0 aliphatic carbocycles. The number of fused-ring (bicyclic) bond motifs is 1. The van der Waals surface area contributed by atoms with Crippen LogP contribution in [0.3, 0.4) is 0 Å². The fourth-order valence-electron chi connectivity index (χ4n) is 2.87. The lowest BCUT2D eigenvalue weighted by Crippen LogP contribution is -1.98. The molecule has 4 rings (SSSR count). The molecular formula is C22H20FN3OS. The molecule has 142 valence electrons. The number of nitrogens with zero attached hydrogens (tertiary/aromatic N) is 1. The molecule has 0 aliphatic rings. The number of benzene rings is 2. The van der Waals surface area contributed by atoms with Crippen molar-refractivity contribution in [1.29, 1.82) is 0 Å². The van der Waals surface area contributed by atoms with Crippen LogP contribution in [0.1, 0.15) is 0 Å². The van der Waals surface area contributed by atoms with Crippen molar-refractivity contribution >= 4 is 38.7 Å². The molecule has 6 heteroatoms. The van der Waals surface area contributed by atoms with Gasteiger partial charge in [0, 0.05) is 28.7 Å². The molecule has 0 spiro atoms. The van der Waals surface area contributed by atoms with Crippen LogP contribution in [0.2, 0.25) is 0 Å². The zero-order valence-corrected chi connectivity index (χ0v) is 16.2. The van der Waals surface area contributed by atoms with Gasteiger partial charge in [-0.05, 0) is 60.2 Å². The van der Waals surface area contributed by atoms with Crippen molar-refractivity contribution in [2.45, 2.75) is 0 Å². The molecule has 0 saturated carbocycles. The Morgan fingerprint density at radius 3 is 2.43 bits per heavy atom. The quantitative estimate of drug-likeness (QED) is 0.398. The van der Waals surface area contributed by atoms with Crippen LogP contribution < -0.4 is 15.4 Å². The van der Waals surface area contributed by atoms with E-state index in [4.69, 9.17) is 9.72 Å². The number of hydrogen-bond donors (Lipinski definition) is 2. The van der Waals surface area contributed by atoms with Gasteiger partial charge >= 0.3 is 0 Å². The van der Waals surface area contributed by atoms with Gasteiger partial charge in [0.15, 0.2) is 0 Å². The van der Waals surface area contributed by atoms with E-state index in [9.17, 15) is 4.39 Å². The van der Waals surface area contributed by atoms with Crippen molar-refractivity contribution in [1.82, 2.24) is 4.98 Å². The van der Waals surface area contributed by atoms with Gasteiger partial charge in [0.25, 0.3) is 0 Å². The molecule has 0 unspecified atom stereocenters. The minimum atomic E-state index is -0.494. The number of hydrogen-bond acceptors (Lipinski definition) is 5. The number of rotatable bonds is 7. The Morgan fingerprint density at radius 1 is 0.964 bits per heavy atom. The first-order valence-electron chi connectivity index (χ1n) is 9.00. The molecule has 4 aromatic rings. The van der Waals surface area contributed by atoms with Gasteiger partial charge in [-0.15, -0.1) is 11.3 Å². The first-order chi connectivity index (χ1) is 13.7. The number of aromatic nitrogens is 1. The third-order valence-electron chi connectivity index (χ3n) is 4.31. The van der Waals surface area contributed by atoms with E-state index in [1.165, 1.54) is 10.4 Å². The highest BCUT2D eigenvalue weighted by molar-refractivity contribution is 7.21. The molecule has 0 fully saturated rings. The number of ether oxygens (including phenoxy) is 1. The van der Waals surface area contributed by atoms with Crippen LogP contribution in [-0.4, -0.2) is 25.3 Å². The second kappa shape index (κ2) is 8.27. The minimum Gasteiger partial charge on any atom is -0.491 e. The van der Waals surface area contributed by atoms with Crippen LogP contribution in [0.5, 0.6) is 5.75 Å². The van der Waals surface area contributed by atoms with Crippen LogP contribution in [0.4, 0.5) is 21.6 Å². The van der Waals surface area contributed by atoms with E-state index in [-0.39, 0.29) is 6.61 Å². The Morgan fingerprint density at radius 2 is 1.71 bits per heavy atom. The topological polar surface area (TPSA) is 46.2 Å². The fourth-order valence-corrected chi connectivity index (χ4v) is 3.91. The van der Waals surface area contributed by atoms with Gasteiger partial charge in [-0.2, -0.15) is 0 Å². The molecule has 0 radical (unpaired) electrons. The summed E-state index contributed by atoms with van der Waals surface area (Å²) in [6.45, 7) is -0.421. The maximum absolute atomic E-state index is 12.2. The Bertz CT molecular complexity index is 1060. The summed E-state index contributed by atoms with van der Waals surface area (Å²) >= 11 is 1.67. The highest BCUT2D eigenvalue weighted by atomic mass is 32.1. The third-order valence-corrected chi connectivity index (χ3v) is 5.41. The van der Waals surface area contributed by atoms with Crippen LogP contribution in [0, 0.1) is 0 Å². The normalized spacial score (nSPS) is 10.8. The van der Waals surface area contributed by atoms with E-state index in [2.05, 4.69) is 47.0 Å². The Kier molecular flexibility index (Phi) is 5.39. The number of alkyl halides is 1. The lowest BCUT2D eigenvalue weighted by Gasteiger charge is -2.07. The average molecular weight is 393 g/mol. The largest absolute Gasteiger partial charge is 0.491 e. The molecular weight excluding hydrogens is 373 g/mol. The van der Waals surface area contributed by atoms with Gasteiger partial charge < -0.3 is 15.4 Å². The molecule has 0 bridgehead atoms. The Labute approximate surface area is 167 Å². The minimum absolute atomic E-state index is 0.0728. The predicted octanol–water partition coefficient (Wildman–Crippen LogP) is 6.10. The van der Waals surface area contributed by atoms with Crippen molar-refractivity contribution in [3.05, 3.63) is 66.7 Å². The molecule has 0 atom stereocenters. The average Bonchev–Trinajstić information content (AvgIpc) is 3.17. The summed E-state index contributed by atoms with van der Waals surface area (Å²) in [5.74, 6) is 1.43. The van der Waals surface area contributed by atoms with Crippen LogP contribution in [-0.2, 0) is 0 Å². The summed E-state index contributed by atoms with van der Waals surface area (Å²) in [6, 6.07) is 22.0. The Balaban J connectivity index is 1.52. The van der Waals surface area contributed by atoms with Gasteiger partial charge in [-0.3, -0.25) is 0 Å². The number of halogens is 1. The lowest BCUT2D eigenvalue weighted by atomic mass is 10.1. The summed E-state index contributed by atoms with van der Waals surface area (Å²) in [5, 5.41) is 7.56. The van der Waals surface area contributed by atoms with Gasteiger partial charge in [0.1, 0.15) is 29.7 Å². The first kappa shape index (κ1) is 18.3. The van der Waals surface area contributed by atoms with E-state index in [0.717, 1.165) is 27.4 Å². The molecule has 28 heavy (non-hydrogen) atoms. The van der Waals surface area contributed by atoms with Gasteiger partial charge in [0.05, 0.1) is 0 Å². The molecule has 2 aromatic carbocycles. The van der Waals surface area contributed by atoms with Crippen molar-refractivity contribution < 1.29 is 9.13 Å². The predicted molar refractivity (Wildman–Crippen MR) is 116 cm³/mol. The third kappa shape index (κ3) is 4.07. The molecule has 4 nitrogen and oxygen atoms in total. The Hall–Kier alpha value is -3.12. The first-order valence-corrected chi connectivity index (χ1v) is 9.81. The standard InChI is InChI=1S/C22H20FN3OS/c1-24-17-5-2-15(3-6-17)20-14-16-4-11-21(26-22(16)28-20)25-18-7-9-19(10-8-18)27-13-12-23/h2-11,14,24H,12-13H2,1H3,(H,25,26). The van der Waals surface area contributed by atoms with E-state index >= 15 is 0 Å². The zero-order valence-electron chi connectivity index (χ0n) is 15.4. The van der Waals surface area contributed by atoms with Crippen molar-refractivity contribution in [2.24, 2.45) is 0 Å². The number of pyridine rings is 1. The maximum Gasteiger partial charge on any atom is 0.132 e. The second-order valence-corrected chi connectivity index (χ2v) is 7.25. The molecule has 0 aliphatic heterocycles. The molecule has 2 heterocycles. The second-order valence-electron chi connectivity index (χ2n) is 6.22. The highest BCUT2D eigenvalue weighted by Crippen LogP contribution is 2.34. The SMILES string of the molecule is CNc1ccc(-c2cc3ccc(Nc4ccc(OCCF)cc4)nc3s2)cc1. The van der Waals surface area contributed by atoms with Crippen molar-refractivity contribution in [2.75, 3.05) is 31.0 Å². The van der Waals surface area contributed by atoms with Crippen LogP contribution in [0.25, 0.3) is 20.7 Å². The smallest absolute Gasteiger partial charge is 0.132 e. The highest BCUT2D eigenvalue weighted by Gasteiger charge is 2.07. The van der Waals surface area contributed by atoms with Gasteiger partial charge in [0.2, 0.25) is 0 Å². The summed E-state index contributed by atoms with van der Waals surface area (Å²) < 4.78 is 17.4. The van der Waals surface area contributed by atoms with Crippen molar-refractivity contribution in [3.8, 4) is 16.2 Å². The number of thiophene rings is 1. The summed E-state index contributed by atoms with van der Waals surface area (Å²) in [4.78, 5) is 6.91. The molecule has 0 saturated heterocycles.